The maximum Gasteiger partial charge on any atom is 0.267 e. The van der Waals surface area contributed by atoms with Crippen LogP contribution in [0.4, 0.5) is 0 Å². The Balaban J connectivity index is 1.61. The third-order valence-electron chi connectivity index (χ3n) is 5.07. The van der Waals surface area contributed by atoms with Crippen molar-refractivity contribution in [2.24, 2.45) is 0 Å². The van der Waals surface area contributed by atoms with Crippen LogP contribution in [0, 0.1) is 6.92 Å². The summed E-state index contributed by atoms with van der Waals surface area (Å²) in [5.41, 5.74) is 2.20. The highest BCUT2D eigenvalue weighted by Gasteiger charge is 2.19. The van der Waals surface area contributed by atoms with Crippen LogP contribution in [0.15, 0.2) is 39.9 Å². The van der Waals surface area contributed by atoms with E-state index in [9.17, 15) is 9.59 Å². The zero-order chi connectivity index (χ0) is 18.8. The average Bonchev–Trinajstić information content (AvgIpc) is 3.10. The Morgan fingerprint density at radius 3 is 2.70 bits per heavy atom. The first kappa shape index (κ1) is 17.5. The number of nitrogens with one attached hydrogen (secondary N) is 1. The van der Waals surface area contributed by atoms with Gasteiger partial charge in [-0.1, -0.05) is 54.2 Å². The zero-order valence-corrected chi connectivity index (χ0v) is 15.3. The largest absolute Gasteiger partial charge is 0.352 e. The molecule has 0 aliphatic heterocycles. The summed E-state index contributed by atoms with van der Waals surface area (Å²) in [5.74, 6) is -0.168. The fraction of sp³-hybridized carbons (Fsp3) is 0.400. The minimum absolute atomic E-state index is 0.0587. The minimum atomic E-state index is -0.324. The van der Waals surface area contributed by atoms with Gasteiger partial charge in [0.15, 0.2) is 0 Å². The molecular weight excluding hydrogens is 344 g/mol. The smallest absolute Gasteiger partial charge is 0.267 e. The van der Waals surface area contributed by atoms with Crippen molar-refractivity contribution in [3.05, 3.63) is 46.5 Å². The predicted octanol–water partition coefficient (Wildman–Crippen LogP) is 2.81. The van der Waals surface area contributed by atoms with E-state index in [1.54, 1.807) is 0 Å². The van der Waals surface area contributed by atoms with Crippen LogP contribution in [0.3, 0.4) is 0 Å². The lowest BCUT2D eigenvalue weighted by atomic mass is 9.95. The molecule has 1 aliphatic rings. The van der Waals surface area contributed by atoms with Crippen molar-refractivity contribution in [1.82, 2.24) is 20.0 Å². The van der Waals surface area contributed by atoms with E-state index in [1.807, 2.05) is 31.2 Å². The van der Waals surface area contributed by atoms with Crippen molar-refractivity contribution in [1.29, 1.82) is 0 Å². The molecule has 0 unspecified atom stereocenters. The Morgan fingerprint density at radius 2 is 1.96 bits per heavy atom. The Labute approximate surface area is 156 Å². The first-order chi connectivity index (χ1) is 13.1. The number of rotatable bonds is 4. The Morgan fingerprint density at radius 1 is 1.22 bits per heavy atom. The number of aromatic nitrogens is 3. The molecule has 0 spiro atoms. The van der Waals surface area contributed by atoms with Crippen LogP contribution in [0.5, 0.6) is 0 Å². The van der Waals surface area contributed by atoms with Gasteiger partial charge in [-0.15, -0.1) is 0 Å². The number of carbonyl (C=O) groups is 1. The molecule has 1 N–H and O–H groups in total. The topological polar surface area (TPSA) is 90.0 Å². The van der Waals surface area contributed by atoms with Gasteiger partial charge in [0.1, 0.15) is 24.0 Å². The van der Waals surface area contributed by atoms with Gasteiger partial charge in [-0.25, -0.2) is 4.98 Å². The number of aryl methyl sites for hydroxylation is 1. The molecular formula is C20H22N4O3. The van der Waals surface area contributed by atoms with E-state index in [1.165, 1.54) is 17.3 Å². The summed E-state index contributed by atoms with van der Waals surface area (Å²) in [6.45, 7) is 1.93. The Bertz CT molecular complexity index is 1010. The van der Waals surface area contributed by atoms with Gasteiger partial charge in [0.2, 0.25) is 5.91 Å². The maximum atomic E-state index is 12.9. The van der Waals surface area contributed by atoms with E-state index in [2.05, 4.69) is 15.5 Å². The number of hydrogen-bond acceptors (Lipinski definition) is 5. The van der Waals surface area contributed by atoms with Crippen molar-refractivity contribution in [2.45, 2.75) is 51.6 Å². The average molecular weight is 366 g/mol. The summed E-state index contributed by atoms with van der Waals surface area (Å²) in [5, 5.41) is 7.34. The summed E-state index contributed by atoms with van der Waals surface area (Å²) in [7, 11) is 0. The summed E-state index contributed by atoms with van der Waals surface area (Å²) in [6, 6.07) is 7.88. The van der Waals surface area contributed by atoms with Gasteiger partial charge in [0.05, 0.1) is 0 Å². The maximum absolute atomic E-state index is 12.9. The highest BCUT2D eigenvalue weighted by Crippen LogP contribution is 2.24. The van der Waals surface area contributed by atoms with Crippen molar-refractivity contribution in [2.75, 3.05) is 0 Å². The number of carbonyl (C=O) groups excluding carboxylic acids is 1. The lowest BCUT2D eigenvalue weighted by molar-refractivity contribution is -0.122. The minimum Gasteiger partial charge on any atom is -0.352 e. The highest BCUT2D eigenvalue weighted by molar-refractivity contribution is 5.88. The predicted molar refractivity (Wildman–Crippen MR) is 101 cm³/mol. The molecule has 0 bridgehead atoms. The number of fused-ring (bicyclic) bond motifs is 1. The van der Waals surface area contributed by atoms with Gasteiger partial charge in [0.25, 0.3) is 11.3 Å². The van der Waals surface area contributed by atoms with Gasteiger partial charge in [-0.2, -0.15) is 0 Å². The van der Waals surface area contributed by atoms with Crippen LogP contribution in [-0.4, -0.2) is 26.7 Å². The van der Waals surface area contributed by atoms with E-state index in [4.69, 9.17) is 4.52 Å². The van der Waals surface area contributed by atoms with E-state index < -0.39 is 0 Å². The van der Waals surface area contributed by atoms with Gasteiger partial charge in [-0.3, -0.25) is 14.2 Å². The van der Waals surface area contributed by atoms with Gasteiger partial charge >= 0.3 is 0 Å². The fourth-order valence-electron chi connectivity index (χ4n) is 3.58. The summed E-state index contributed by atoms with van der Waals surface area (Å²) < 4.78 is 6.54. The molecule has 2 heterocycles. The van der Waals surface area contributed by atoms with Crippen molar-refractivity contribution in [3.63, 3.8) is 0 Å². The molecule has 1 saturated carbocycles. The summed E-state index contributed by atoms with van der Waals surface area (Å²) in [4.78, 5) is 29.4. The quantitative estimate of drug-likeness (QED) is 0.767. The van der Waals surface area contributed by atoms with E-state index >= 15 is 0 Å². The van der Waals surface area contributed by atoms with E-state index in [-0.39, 0.29) is 29.8 Å². The van der Waals surface area contributed by atoms with Crippen molar-refractivity contribution in [3.8, 4) is 11.3 Å². The van der Waals surface area contributed by atoms with Crippen molar-refractivity contribution >= 4 is 17.0 Å². The molecule has 1 amide bonds. The Hall–Kier alpha value is -2.96. The van der Waals surface area contributed by atoms with Crippen LogP contribution < -0.4 is 10.9 Å². The molecule has 140 valence electrons. The molecule has 0 radical (unpaired) electrons. The molecule has 1 aliphatic carbocycles. The number of benzene rings is 1. The first-order valence-corrected chi connectivity index (χ1v) is 9.33. The normalized spacial score (nSPS) is 15.1. The second-order valence-electron chi connectivity index (χ2n) is 7.16. The fourth-order valence-corrected chi connectivity index (χ4v) is 3.58. The van der Waals surface area contributed by atoms with Crippen LogP contribution in [-0.2, 0) is 11.3 Å². The molecule has 7 heteroatoms. The second kappa shape index (κ2) is 7.34. The number of nitrogens with zero attached hydrogens (tertiary/aromatic N) is 3. The number of hydrogen-bond donors (Lipinski definition) is 1. The van der Waals surface area contributed by atoms with Crippen molar-refractivity contribution < 1.29 is 9.32 Å². The second-order valence-corrected chi connectivity index (χ2v) is 7.16. The molecule has 0 atom stereocenters. The first-order valence-electron chi connectivity index (χ1n) is 9.33. The van der Waals surface area contributed by atoms with Crippen LogP contribution >= 0.6 is 0 Å². The van der Waals surface area contributed by atoms with Crippen LogP contribution in [0.25, 0.3) is 22.4 Å². The standard InChI is InChI=1S/C20H22N4O3/c1-13-7-9-14(10-8-13)18-17-19(27-23-18)21-12-24(20(17)26)11-16(25)22-15-5-3-2-4-6-15/h7-10,12,15H,2-6,11H2,1H3,(H,22,25). The molecule has 1 fully saturated rings. The molecule has 1 aromatic carbocycles. The Kier molecular flexibility index (Phi) is 4.75. The molecule has 3 aromatic rings. The SMILES string of the molecule is Cc1ccc(-c2noc3ncn(CC(=O)NC4CCCCC4)c(=O)c23)cc1. The number of amides is 1. The van der Waals surface area contributed by atoms with E-state index in [0.717, 1.165) is 36.8 Å². The molecule has 27 heavy (non-hydrogen) atoms. The monoisotopic (exact) mass is 366 g/mol. The van der Waals surface area contributed by atoms with Gasteiger partial charge in [-0.05, 0) is 19.8 Å². The van der Waals surface area contributed by atoms with Gasteiger partial charge < -0.3 is 9.84 Å². The molecule has 0 saturated heterocycles. The molecule has 2 aromatic heterocycles. The lowest BCUT2D eigenvalue weighted by Gasteiger charge is -2.22. The highest BCUT2D eigenvalue weighted by atomic mass is 16.5. The summed E-state index contributed by atoms with van der Waals surface area (Å²) in [6.07, 6.45) is 6.84. The molecule has 4 rings (SSSR count). The van der Waals surface area contributed by atoms with Crippen LogP contribution in [0.1, 0.15) is 37.7 Å². The zero-order valence-electron chi connectivity index (χ0n) is 15.3. The summed E-state index contributed by atoms with van der Waals surface area (Å²) >= 11 is 0. The van der Waals surface area contributed by atoms with Crippen LogP contribution in [0.2, 0.25) is 0 Å². The van der Waals surface area contributed by atoms with Gasteiger partial charge in [0, 0.05) is 11.6 Å². The third-order valence-corrected chi connectivity index (χ3v) is 5.07. The van der Waals surface area contributed by atoms with E-state index in [0.29, 0.717) is 11.1 Å². The third kappa shape index (κ3) is 3.63. The lowest BCUT2D eigenvalue weighted by Crippen LogP contribution is -2.39. The molecule has 7 nitrogen and oxygen atoms in total.